The highest BCUT2D eigenvalue weighted by molar-refractivity contribution is 6.31. The highest BCUT2D eigenvalue weighted by Gasteiger charge is 2.41. The lowest BCUT2D eigenvalue weighted by molar-refractivity contribution is -0.126. The Bertz CT molecular complexity index is 672. The first kappa shape index (κ1) is 14.9. The van der Waals surface area contributed by atoms with Crippen LogP contribution in [0.1, 0.15) is 18.5 Å². The number of aliphatic hydroxyl groups is 1. The number of halogens is 1. The van der Waals surface area contributed by atoms with Gasteiger partial charge >= 0.3 is 6.03 Å². The molecule has 0 spiro atoms. The van der Waals surface area contributed by atoms with Crippen LogP contribution in [0.2, 0.25) is 5.02 Å². The second-order valence-corrected chi connectivity index (χ2v) is 5.89. The molecule has 6 nitrogen and oxygen atoms in total. The van der Waals surface area contributed by atoms with Gasteiger partial charge in [-0.2, -0.15) is 0 Å². The number of aliphatic hydroxyl groups excluding tert-OH is 1. The van der Waals surface area contributed by atoms with E-state index in [4.69, 9.17) is 11.6 Å². The Balaban J connectivity index is 1.98. The molecule has 1 aromatic carbocycles. The van der Waals surface area contributed by atoms with Crippen molar-refractivity contribution >= 4 is 23.5 Å². The number of rotatable bonds is 3. The minimum absolute atomic E-state index is 0.201. The third kappa shape index (κ3) is 2.55. The number of amides is 3. The zero-order valence-corrected chi connectivity index (χ0v) is 12.7. The van der Waals surface area contributed by atoms with Crippen molar-refractivity contribution in [2.24, 2.45) is 0 Å². The third-order valence-electron chi connectivity index (χ3n) is 3.72. The van der Waals surface area contributed by atoms with Crippen molar-refractivity contribution < 1.29 is 14.7 Å². The average Bonchev–Trinajstić information content (AvgIpc) is 2.74. The average molecular weight is 322 g/mol. The van der Waals surface area contributed by atoms with Crippen LogP contribution in [0.4, 0.5) is 4.79 Å². The molecular formula is C15H16ClN3O3. The molecule has 3 N–H and O–H groups in total. The van der Waals surface area contributed by atoms with Gasteiger partial charge in [-0.25, -0.2) is 4.79 Å². The monoisotopic (exact) mass is 321 g/mol. The first-order valence-corrected chi connectivity index (χ1v) is 7.37. The zero-order valence-electron chi connectivity index (χ0n) is 12.0. The maximum atomic E-state index is 12.6. The van der Waals surface area contributed by atoms with Crippen molar-refractivity contribution in [3.05, 3.63) is 46.1 Å². The number of hydrogen-bond donors (Lipinski definition) is 3. The third-order valence-corrected chi connectivity index (χ3v) is 4.07. The number of hydrogen-bond acceptors (Lipinski definition) is 3. The maximum Gasteiger partial charge on any atom is 0.319 e. The predicted molar refractivity (Wildman–Crippen MR) is 81.1 cm³/mol. The number of carbonyl (C=O) groups excluding carboxylic acids is 2. The van der Waals surface area contributed by atoms with Gasteiger partial charge in [-0.05, 0) is 18.6 Å². The van der Waals surface area contributed by atoms with E-state index in [0.717, 1.165) is 0 Å². The van der Waals surface area contributed by atoms with Crippen molar-refractivity contribution in [2.45, 2.75) is 19.1 Å². The number of nitrogens with one attached hydrogen (secondary N) is 2. The van der Waals surface area contributed by atoms with E-state index >= 15 is 0 Å². The van der Waals surface area contributed by atoms with Crippen LogP contribution >= 0.6 is 11.6 Å². The molecule has 0 aromatic heterocycles. The molecule has 3 amide bonds. The van der Waals surface area contributed by atoms with Crippen LogP contribution in [0.3, 0.4) is 0 Å². The first-order chi connectivity index (χ1) is 10.5. The van der Waals surface area contributed by atoms with Gasteiger partial charge < -0.3 is 20.6 Å². The van der Waals surface area contributed by atoms with Crippen LogP contribution < -0.4 is 10.6 Å². The van der Waals surface area contributed by atoms with Crippen molar-refractivity contribution in [2.75, 3.05) is 13.1 Å². The van der Waals surface area contributed by atoms with Crippen LogP contribution in [0.5, 0.6) is 0 Å². The van der Waals surface area contributed by atoms with E-state index in [1.54, 1.807) is 25.1 Å². The SMILES string of the molecule is C[C@H](O)CN1CC2=C(C1=O)[C@@H](c1ccccc1Cl)NC(=O)N2. The van der Waals surface area contributed by atoms with Crippen LogP contribution in [0.15, 0.2) is 35.5 Å². The summed E-state index contributed by atoms with van der Waals surface area (Å²) in [5.41, 5.74) is 1.73. The van der Waals surface area contributed by atoms with Gasteiger partial charge in [0.05, 0.1) is 30.0 Å². The van der Waals surface area contributed by atoms with E-state index in [2.05, 4.69) is 10.6 Å². The predicted octanol–water partition coefficient (Wildman–Crippen LogP) is 1.17. The molecule has 0 aliphatic carbocycles. The summed E-state index contributed by atoms with van der Waals surface area (Å²) in [7, 11) is 0. The van der Waals surface area contributed by atoms with Gasteiger partial charge in [0.25, 0.3) is 5.91 Å². The summed E-state index contributed by atoms with van der Waals surface area (Å²) in [5.74, 6) is -0.201. The zero-order chi connectivity index (χ0) is 15.9. The standard InChI is InChI=1S/C15H16ClN3O3/c1-8(20)6-19-7-11-12(14(19)21)13(18-15(22)17-11)9-4-2-3-5-10(9)16/h2-5,8,13,20H,6-7H2,1H3,(H2,17,18,22)/t8-,13+/m0/s1. The summed E-state index contributed by atoms with van der Waals surface area (Å²) in [6.45, 7) is 2.12. The Morgan fingerprint density at radius 3 is 2.82 bits per heavy atom. The molecule has 0 unspecified atom stereocenters. The molecule has 116 valence electrons. The fourth-order valence-electron chi connectivity index (χ4n) is 2.84. The van der Waals surface area contributed by atoms with Crippen LogP contribution in [0.25, 0.3) is 0 Å². The molecule has 0 fully saturated rings. The highest BCUT2D eigenvalue weighted by Crippen LogP contribution is 2.35. The summed E-state index contributed by atoms with van der Waals surface area (Å²) < 4.78 is 0. The molecule has 3 rings (SSSR count). The molecule has 1 aromatic rings. The van der Waals surface area contributed by atoms with Gasteiger partial charge in [-0.15, -0.1) is 0 Å². The van der Waals surface area contributed by atoms with Crippen molar-refractivity contribution in [1.29, 1.82) is 0 Å². The number of carbonyl (C=O) groups is 2. The Kier molecular flexibility index (Phi) is 3.80. The fourth-order valence-corrected chi connectivity index (χ4v) is 3.08. The molecule has 0 bridgehead atoms. The minimum atomic E-state index is -0.632. The normalized spacial score (nSPS) is 22.3. The molecule has 0 radical (unpaired) electrons. The number of nitrogens with zero attached hydrogens (tertiary/aromatic N) is 1. The first-order valence-electron chi connectivity index (χ1n) is 6.99. The second-order valence-electron chi connectivity index (χ2n) is 5.48. The summed E-state index contributed by atoms with van der Waals surface area (Å²) in [6.07, 6.45) is -0.632. The number of benzene rings is 1. The van der Waals surface area contributed by atoms with Crippen molar-refractivity contribution in [1.82, 2.24) is 15.5 Å². The number of urea groups is 1. The second kappa shape index (κ2) is 5.62. The van der Waals surface area contributed by atoms with Crippen molar-refractivity contribution in [3.8, 4) is 0 Å². The quantitative estimate of drug-likeness (QED) is 0.781. The summed E-state index contributed by atoms with van der Waals surface area (Å²) >= 11 is 6.20. The largest absolute Gasteiger partial charge is 0.392 e. The lowest BCUT2D eigenvalue weighted by atomic mass is 9.96. The van der Waals surface area contributed by atoms with E-state index in [9.17, 15) is 14.7 Å². The fraction of sp³-hybridized carbons (Fsp3) is 0.333. The lowest BCUT2D eigenvalue weighted by Gasteiger charge is -2.26. The topological polar surface area (TPSA) is 81.7 Å². The smallest absolute Gasteiger partial charge is 0.319 e. The van der Waals surface area contributed by atoms with Gasteiger partial charge in [0.1, 0.15) is 0 Å². The summed E-state index contributed by atoms with van der Waals surface area (Å²) in [4.78, 5) is 26.0. The Hall–Kier alpha value is -2.05. The molecule has 0 saturated carbocycles. The molecule has 22 heavy (non-hydrogen) atoms. The summed E-state index contributed by atoms with van der Waals surface area (Å²) in [6, 6.07) is 6.16. The molecule has 7 heteroatoms. The molecule has 2 aliphatic heterocycles. The Morgan fingerprint density at radius 1 is 1.41 bits per heavy atom. The molecule has 2 heterocycles. The lowest BCUT2D eigenvalue weighted by Crippen LogP contribution is -2.44. The van der Waals surface area contributed by atoms with E-state index in [1.807, 2.05) is 6.07 Å². The van der Waals surface area contributed by atoms with Crippen molar-refractivity contribution in [3.63, 3.8) is 0 Å². The molecule has 2 aliphatic rings. The van der Waals surface area contributed by atoms with Gasteiger partial charge in [0.15, 0.2) is 0 Å². The van der Waals surface area contributed by atoms with Crippen LogP contribution in [-0.2, 0) is 4.79 Å². The Morgan fingerprint density at radius 2 is 2.14 bits per heavy atom. The highest BCUT2D eigenvalue weighted by atomic mass is 35.5. The van der Waals surface area contributed by atoms with E-state index in [0.29, 0.717) is 21.9 Å². The van der Waals surface area contributed by atoms with E-state index < -0.39 is 12.1 Å². The van der Waals surface area contributed by atoms with Crippen LogP contribution in [-0.4, -0.2) is 41.1 Å². The minimum Gasteiger partial charge on any atom is -0.392 e. The van der Waals surface area contributed by atoms with Gasteiger partial charge in [-0.1, -0.05) is 29.8 Å². The molecule has 2 atom stereocenters. The number of β-amino-alcohol motifs (C(OH)–C–C–N with tert-alkyl or cyclic N) is 1. The molecular weight excluding hydrogens is 306 g/mol. The van der Waals surface area contributed by atoms with Gasteiger partial charge in [0, 0.05) is 11.6 Å². The van der Waals surface area contributed by atoms with E-state index in [-0.39, 0.29) is 25.0 Å². The van der Waals surface area contributed by atoms with E-state index in [1.165, 1.54) is 4.90 Å². The maximum absolute atomic E-state index is 12.6. The Labute approximate surface area is 132 Å². The van der Waals surface area contributed by atoms with Gasteiger partial charge in [-0.3, -0.25) is 4.79 Å². The summed E-state index contributed by atoms with van der Waals surface area (Å²) in [5, 5.41) is 15.4. The van der Waals surface area contributed by atoms with Gasteiger partial charge in [0.2, 0.25) is 0 Å². The molecule has 0 saturated heterocycles. The van der Waals surface area contributed by atoms with Crippen LogP contribution in [0, 0.1) is 0 Å².